The van der Waals surface area contributed by atoms with Gasteiger partial charge in [-0.2, -0.15) is 5.10 Å². The van der Waals surface area contributed by atoms with Crippen molar-refractivity contribution in [2.24, 2.45) is 0 Å². The summed E-state index contributed by atoms with van der Waals surface area (Å²) in [6, 6.07) is 7.61. The lowest BCUT2D eigenvalue weighted by atomic mass is 10.1. The number of carbonyl (C=O) groups is 1. The van der Waals surface area contributed by atoms with Crippen molar-refractivity contribution >= 4 is 11.4 Å². The Morgan fingerprint density at radius 1 is 1.06 bits per heavy atom. The second-order valence-corrected chi connectivity index (χ2v) is 7.73. The summed E-state index contributed by atoms with van der Waals surface area (Å²) in [7, 11) is 0. The number of hydrogen-bond donors (Lipinski definition) is 2. The van der Waals surface area contributed by atoms with Gasteiger partial charge in [0, 0.05) is 18.3 Å². The van der Waals surface area contributed by atoms with Crippen LogP contribution in [0.2, 0.25) is 0 Å². The Morgan fingerprint density at radius 2 is 1.82 bits per heavy atom. The SMILES string of the molecule is Cc1ccc(-c2nn3cc(C(=O)NCCn4nc(C(F)F)cc4C(F)F)cc3c(=O)[nH]2)cc1C. The maximum Gasteiger partial charge on any atom is 0.282 e. The minimum absolute atomic E-state index is 0.123. The highest BCUT2D eigenvalue weighted by molar-refractivity contribution is 5.95. The van der Waals surface area contributed by atoms with Crippen LogP contribution in [0, 0.1) is 13.8 Å². The molecule has 0 unspecified atom stereocenters. The molecule has 0 radical (unpaired) electrons. The first-order valence-electron chi connectivity index (χ1n) is 10.3. The number of aromatic amines is 1. The average Bonchev–Trinajstić information content (AvgIpc) is 3.41. The fourth-order valence-electron chi connectivity index (χ4n) is 3.44. The molecule has 0 spiro atoms. The molecule has 0 aliphatic carbocycles. The number of nitrogens with zero attached hydrogens (tertiary/aromatic N) is 4. The van der Waals surface area contributed by atoms with E-state index < -0.39 is 35.7 Å². The molecule has 4 rings (SSSR count). The number of rotatable bonds is 7. The van der Waals surface area contributed by atoms with Crippen molar-refractivity contribution in [1.29, 1.82) is 0 Å². The van der Waals surface area contributed by atoms with Crippen LogP contribution in [-0.2, 0) is 6.54 Å². The standard InChI is InChI=1S/C22H20F4N6O2/c1-11-3-4-13(7-12(11)2)20-28-22(34)17-8-14(10-32(17)30-20)21(33)27-5-6-31-16(19(25)26)9-15(29-31)18(23)24/h3-4,7-10,18-19H,5-6H2,1-2H3,(H,27,33)(H,28,30,34). The van der Waals surface area contributed by atoms with E-state index in [1.165, 1.54) is 16.8 Å². The van der Waals surface area contributed by atoms with Crippen LogP contribution in [-0.4, -0.2) is 36.8 Å². The van der Waals surface area contributed by atoms with Crippen LogP contribution in [0.4, 0.5) is 17.6 Å². The van der Waals surface area contributed by atoms with Crippen molar-refractivity contribution in [3.63, 3.8) is 0 Å². The van der Waals surface area contributed by atoms with Gasteiger partial charge in [0.05, 0.1) is 12.1 Å². The second kappa shape index (κ2) is 9.12. The van der Waals surface area contributed by atoms with Gasteiger partial charge in [-0.1, -0.05) is 12.1 Å². The summed E-state index contributed by atoms with van der Waals surface area (Å²) >= 11 is 0. The van der Waals surface area contributed by atoms with Gasteiger partial charge >= 0.3 is 0 Å². The highest BCUT2D eigenvalue weighted by Gasteiger charge is 2.21. The first-order valence-corrected chi connectivity index (χ1v) is 10.3. The Bertz CT molecular complexity index is 1420. The number of H-pyrrole nitrogens is 1. The van der Waals surface area contributed by atoms with Gasteiger partial charge in [-0.3, -0.25) is 14.3 Å². The predicted octanol–water partition coefficient (Wildman–Crippen LogP) is 3.81. The van der Waals surface area contributed by atoms with Gasteiger partial charge in [-0.25, -0.2) is 22.1 Å². The molecule has 1 amide bonds. The number of carbonyl (C=O) groups excluding carboxylic acids is 1. The third-order valence-corrected chi connectivity index (χ3v) is 5.40. The molecule has 3 heterocycles. The molecule has 8 nitrogen and oxygen atoms in total. The maximum absolute atomic E-state index is 13.1. The lowest BCUT2D eigenvalue weighted by molar-refractivity contribution is 0.0950. The average molecular weight is 476 g/mol. The Labute approximate surface area is 190 Å². The molecule has 0 saturated heterocycles. The van der Waals surface area contributed by atoms with Crippen LogP contribution >= 0.6 is 0 Å². The number of nitrogens with one attached hydrogen (secondary N) is 2. The van der Waals surface area contributed by atoms with Gasteiger partial charge in [0.2, 0.25) is 0 Å². The number of alkyl halides is 4. The van der Waals surface area contributed by atoms with Crippen molar-refractivity contribution in [3.05, 3.63) is 75.0 Å². The van der Waals surface area contributed by atoms with Crippen LogP contribution in [0.1, 0.15) is 45.7 Å². The fourth-order valence-corrected chi connectivity index (χ4v) is 3.44. The predicted molar refractivity (Wildman–Crippen MR) is 115 cm³/mol. The van der Waals surface area contributed by atoms with E-state index in [1.807, 2.05) is 32.0 Å². The van der Waals surface area contributed by atoms with Crippen LogP contribution in [0.5, 0.6) is 0 Å². The van der Waals surface area contributed by atoms with Crippen molar-refractivity contribution in [2.75, 3.05) is 6.54 Å². The summed E-state index contributed by atoms with van der Waals surface area (Å²) in [5.41, 5.74) is 1.23. The minimum Gasteiger partial charge on any atom is -0.350 e. The van der Waals surface area contributed by atoms with Crippen LogP contribution in [0.25, 0.3) is 16.9 Å². The van der Waals surface area contributed by atoms with E-state index in [2.05, 4.69) is 20.5 Å². The molecule has 0 bridgehead atoms. The second-order valence-electron chi connectivity index (χ2n) is 7.73. The monoisotopic (exact) mass is 476 g/mol. The molecule has 3 aromatic heterocycles. The van der Waals surface area contributed by atoms with Crippen molar-refractivity contribution in [3.8, 4) is 11.4 Å². The molecule has 12 heteroatoms. The normalized spacial score (nSPS) is 11.6. The zero-order valence-electron chi connectivity index (χ0n) is 18.2. The van der Waals surface area contributed by atoms with Crippen molar-refractivity contribution < 1.29 is 22.4 Å². The van der Waals surface area contributed by atoms with E-state index >= 15 is 0 Å². The summed E-state index contributed by atoms with van der Waals surface area (Å²) < 4.78 is 53.7. The first-order chi connectivity index (χ1) is 16.1. The Kier molecular flexibility index (Phi) is 6.22. The Morgan fingerprint density at radius 3 is 2.50 bits per heavy atom. The molecule has 0 fully saturated rings. The van der Waals surface area contributed by atoms with E-state index in [1.54, 1.807) is 0 Å². The number of halogens is 4. The van der Waals surface area contributed by atoms with Crippen LogP contribution < -0.4 is 10.9 Å². The third kappa shape index (κ3) is 4.56. The number of amides is 1. The summed E-state index contributed by atoms with van der Waals surface area (Å²) in [5.74, 6) is -0.256. The fraction of sp³-hybridized carbons (Fsp3) is 0.273. The van der Waals surface area contributed by atoms with Gasteiger partial charge in [0.25, 0.3) is 24.3 Å². The zero-order chi connectivity index (χ0) is 24.6. The molecule has 1 aromatic carbocycles. The largest absolute Gasteiger partial charge is 0.350 e. The summed E-state index contributed by atoms with van der Waals surface area (Å²) in [6.07, 6.45) is -4.60. The van der Waals surface area contributed by atoms with E-state index in [9.17, 15) is 27.2 Å². The highest BCUT2D eigenvalue weighted by Crippen LogP contribution is 2.25. The van der Waals surface area contributed by atoms with E-state index in [0.29, 0.717) is 17.5 Å². The molecular formula is C22H20F4N6O2. The van der Waals surface area contributed by atoms with E-state index in [0.717, 1.165) is 15.8 Å². The van der Waals surface area contributed by atoms with Gasteiger partial charge in [0.15, 0.2) is 5.82 Å². The van der Waals surface area contributed by atoms with Gasteiger partial charge in [-0.05, 0) is 43.2 Å². The van der Waals surface area contributed by atoms with Gasteiger partial charge < -0.3 is 10.3 Å². The number of benzene rings is 1. The Hall–Kier alpha value is -3.96. The maximum atomic E-state index is 13.1. The summed E-state index contributed by atoms with van der Waals surface area (Å²) in [6.45, 7) is 3.52. The van der Waals surface area contributed by atoms with Crippen molar-refractivity contribution in [1.82, 2.24) is 29.7 Å². The molecule has 0 aliphatic heterocycles. The molecule has 0 saturated carbocycles. The van der Waals surface area contributed by atoms with E-state index in [4.69, 9.17) is 0 Å². The lowest BCUT2D eigenvalue weighted by Gasteiger charge is -2.07. The number of fused-ring (bicyclic) bond motifs is 1. The zero-order valence-corrected chi connectivity index (χ0v) is 18.2. The highest BCUT2D eigenvalue weighted by atomic mass is 19.3. The summed E-state index contributed by atoms with van der Waals surface area (Å²) in [4.78, 5) is 27.7. The topological polar surface area (TPSA) is 97.1 Å². The molecule has 4 aromatic rings. The summed E-state index contributed by atoms with van der Waals surface area (Å²) in [5, 5.41) is 10.4. The minimum atomic E-state index is -2.99. The molecular weight excluding hydrogens is 456 g/mol. The number of aryl methyl sites for hydroxylation is 2. The molecule has 2 N–H and O–H groups in total. The van der Waals surface area contributed by atoms with Gasteiger partial charge in [0.1, 0.15) is 16.9 Å². The first kappa shape index (κ1) is 23.2. The number of hydrogen-bond acceptors (Lipinski definition) is 4. The smallest absolute Gasteiger partial charge is 0.282 e. The van der Waals surface area contributed by atoms with Crippen LogP contribution in [0.15, 0.2) is 41.3 Å². The van der Waals surface area contributed by atoms with Gasteiger partial charge in [-0.15, -0.1) is 5.10 Å². The quantitative estimate of drug-likeness (QED) is 0.397. The van der Waals surface area contributed by atoms with E-state index in [-0.39, 0.29) is 24.2 Å². The molecule has 0 aliphatic rings. The lowest BCUT2D eigenvalue weighted by Crippen LogP contribution is -2.27. The Balaban J connectivity index is 1.51. The number of aromatic nitrogens is 5. The molecule has 34 heavy (non-hydrogen) atoms. The third-order valence-electron chi connectivity index (χ3n) is 5.40. The van der Waals surface area contributed by atoms with Crippen molar-refractivity contribution in [2.45, 2.75) is 33.2 Å². The molecule has 178 valence electrons. The van der Waals surface area contributed by atoms with Crippen LogP contribution in [0.3, 0.4) is 0 Å². The molecule has 0 atom stereocenters.